The first-order valence-corrected chi connectivity index (χ1v) is 9.14. The number of hydrogen-bond acceptors (Lipinski definition) is 3. The van der Waals surface area contributed by atoms with Crippen LogP contribution in [-0.2, 0) is 4.79 Å². The monoisotopic (exact) mass is 392 g/mol. The number of amides is 1. The van der Waals surface area contributed by atoms with Crippen molar-refractivity contribution >= 4 is 18.3 Å². The molecule has 1 saturated heterocycles. The van der Waals surface area contributed by atoms with Crippen LogP contribution >= 0.6 is 12.4 Å². The Morgan fingerprint density at radius 3 is 2.74 bits per heavy atom. The molecule has 2 unspecified atom stereocenters. The van der Waals surface area contributed by atoms with Gasteiger partial charge in [-0.15, -0.1) is 12.4 Å². The third-order valence-electron chi connectivity index (χ3n) is 4.75. The van der Waals surface area contributed by atoms with Crippen LogP contribution in [-0.4, -0.2) is 19.0 Å². The molecule has 0 spiro atoms. The summed E-state index contributed by atoms with van der Waals surface area (Å²) in [5, 5.41) is 6.26. The van der Waals surface area contributed by atoms with Gasteiger partial charge in [0.2, 0.25) is 5.91 Å². The smallest absolute Gasteiger partial charge is 0.220 e. The van der Waals surface area contributed by atoms with Gasteiger partial charge < -0.3 is 15.4 Å². The maximum atomic E-state index is 14.3. The van der Waals surface area contributed by atoms with Gasteiger partial charge in [0, 0.05) is 6.42 Å². The molecule has 0 radical (unpaired) electrons. The average molecular weight is 393 g/mol. The molecule has 2 N–H and O–H groups in total. The lowest BCUT2D eigenvalue weighted by molar-refractivity contribution is -0.122. The second kappa shape index (κ2) is 10.3. The Balaban J connectivity index is 0.00000261. The highest BCUT2D eigenvalue weighted by Crippen LogP contribution is 2.27. The molecule has 1 fully saturated rings. The third-order valence-corrected chi connectivity index (χ3v) is 4.75. The molecule has 0 bridgehead atoms. The number of nitrogens with one attached hydrogen (secondary N) is 2. The van der Waals surface area contributed by atoms with Crippen LogP contribution in [0.4, 0.5) is 4.39 Å². The Bertz CT molecular complexity index is 736. The molecule has 0 aliphatic carbocycles. The lowest BCUT2D eigenvalue weighted by Gasteiger charge is -2.16. The van der Waals surface area contributed by atoms with Crippen LogP contribution in [0.2, 0.25) is 0 Å². The van der Waals surface area contributed by atoms with E-state index in [4.69, 9.17) is 4.74 Å². The van der Waals surface area contributed by atoms with E-state index in [0.717, 1.165) is 31.5 Å². The molecule has 2 aromatic rings. The maximum absolute atomic E-state index is 14.3. The van der Waals surface area contributed by atoms with Gasteiger partial charge in [0.05, 0.1) is 6.04 Å². The second-order valence-corrected chi connectivity index (χ2v) is 6.79. The van der Waals surface area contributed by atoms with Crippen molar-refractivity contribution in [3.8, 4) is 11.5 Å². The Hall–Kier alpha value is -2.11. The fourth-order valence-electron chi connectivity index (χ4n) is 3.18. The zero-order valence-electron chi connectivity index (χ0n) is 15.4. The summed E-state index contributed by atoms with van der Waals surface area (Å²) >= 11 is 0. The first-order valence-electron chi connectivity index (χ1n) is 9.14. The molecule has 1 aliphatic rings. The molecular formula is C21H26ClFN2O2. The average Bonchev–Trinajstić information content (AvgIpc) is 3.16. The maximum Gasteiger partial charge on any atom is 0.220 e. The van der Waals surface area contributed by atoms with Crippen LogP contribution in [0.5, 0.6) is 11.5 Å². The molecule has 0 aromatic heterocycles. The number of halogens is 2. The van der Waals surface area contributed by atoms with E-state index in [0.29, 0.717) is 18.1 Å². The van der Waals surface area contributed by atoms with Gasteiger partial charge in [0.25, 0.3) is 0 Å². The number of ether oxygens (including phenoxy) is 1. The third kappa shape index (κ3) is 6.22. The van der Waals surface area contributed by atoms with Crippen LogP contribution in [0.1, 0.15) is 37.8 Å². The first-order chi connectivity index (χ1) is 12.6. The summed E-state index contributed by atoms with van der Waals surface area (Å²) in [5.41, 5.74) is 0.721. The van der Waals surface area contributed by atoms with Gasteiger partial charge in [0.1, 0.15) is 5.75 Å². The van der Waals surface area contributed by atoms with Crippen molar-refractivity contribution in [1.29, 1.82) is 0 Å². The summed E-state index contributed by atoms with van der Waals surface area (Å²) in [4.78, 5) is 12.1. The summed E-state index contributed by atoms with van der Waals surface area (Å²) in [6, 6.07) is 13.7. The number of para-hydroxylation sites is 1. The van der Waals surface area contributed by atoms with Crippen molar-refractivity contribution in [2.75, 3.05) is 13.1 Å². The van der Waals surface area contributed by atoms with Crippen LogP contribution in [0.15, 0.2) is 48.5 Å². The quantitative estimate of drug-likeness (QED) is 0.723. The van der Waals surface area contributed by atoms with Crippen molar-refractivity contribution in [1.82, 2.24) is 10.6 Å². The molecular weight excluding hydrogens is 367 g/mol. The molecule has 4 nitrogen and oxygen atoms in total. The minimum absolute atomic E-state index is 0. The largest absolute Gasteiger partial charge is 0.454 e. The number of benzene rings is 2. The summed E-state index contributed by atoms with van der Waals surface area (Å²) in [6.07, 6.45) is 2.54. The molecule has 2 atom stereocenters. The van der Waals surface area contributed by atoms with Gasteiger partial charge in [-0.25, -0.2) is 4.39 Å². The van der Waals surface area contributed by atoms with Gasteiger partial charge in [-0.3, -0.25) is 4.79 Å². The van der Waals surface area contributed by atoms with E-state index in [1.807, 2.05) is 25.1 Å². The van der Waals surface area contributed by atoms with E-state index in [1.54, 1.807) is 24.3 Å². The Morgan fingerprint density at radius 1 is 1.30 bits per heavy atom. The molecule has 1 aliphatic heterocycles. The molecule has 2 aromatic carbocycles. The molecule has 3 rings (SSSR count). The zero-order chi connectivity index (χ0) is 18.4. The number of carbonyl (C=O) groups is 1. The highest BCUT2D eigenvalue weighted by atomic mass is 35.5. The SMILES string of the molecule is CC(NC(=O)CCC1CCNC1)c1ccc(Oc2ccccc2)c(F)c1.Cl. The summed E-state index contributed by atoms with van der Waals surface area (Å²) in [5.74, 6) is 0.913. The summed E-state index contributed by atoms with van der Waals surface area (Å²) in [6.45, 7) is 3.90. The van der Waals surface area contributed by atoms with Crippen molar-refractivity contribution < 1.29 is 13.9 Å². The van der Waals surface area contributed by atoms with Crippen LogP contribution in [0, 0.1) is 11.7 Å². The first kappa shape index (κ1) is 21.2. The van der Waals surface area contributed by atoms with E-state index in [2.05, 4.69) is 10.6 Å². The van der Waals surface area contributed by atoms with Gasteiger partial charge in [-0.2, -0.15) is 0 Å². The summed E-state index contributed by atoms with van der Waals surface area (Å²) in [7, 11) is 0. The molecule has 0 saturated carbocycles. The van der Waals surface area contributed by atoms with E-state index in [1.165, 1.54) is 6.07 Å². The summed E-state index contributed by atoms with van der Waals surface area (Å²) < 4.78 is 19.9. The number of carbonyl (C=O) groups excluding carboxylic acids is 1. The number of rotatable bonds is 7. The molecule has 1 amide bonds. The van der Waals surface area contributed by atoms with E-state index in [9.17, 15) is 9.18 Å². The standard InChI is InChI=1S/C21H25FN2O2.ClH/c1-15(24-21(25)10-7-16-11-12-23-14-16)17-8-9-20(19(22)13-17)26-18-5-3-2-4-6-18;/h2-6,8-9,13,15-16,23H,7,10-12,14H2,1H3,(H,24,25);1H. The molecule has 146 valence electrons. The van der Waals surface area contributed by atoms with Crippen LogP contribution in [0.25, 0.3) is 0 Å². The lowest BCUT2D eigenvalue weighted by atomic mass is 10.0. The van der Waals surface area contributed by atoms with E-state index < -0.39 is 5.82 Å². The molecule has 6 heteroatoms. The second-order valence-electron chi connectivity index (χ2n) is 6.79. The Labute approximate surface area is 165 Å². The van der Waals surface area contributed by atoms with Crippen molar-refractivity contribution in [2.45, 2.75) is 32.2 Å². The van der Waals surface area contributed by atoms with Crippen LogP contribution in [0.3, 0.4) is 0 Å². The fraction of sp³-hybridized carbons (Fsp3) is 0.381. The van der Waals surface area contributed by atoms with E-state index in [-0.39, 0.29) is 30.1 Å². The van der Waals surface area contributed by atoms with Crippen molar-refractivity contribution in [3.63, 3.8) is 0 Å². The van der Waals surface area contributed by atoms with Crippen LogP contribution < -0.4 is 15.4 Å². The molecule has 27 heavy (non-hydrogen) atoms. The highest BCUT2D eigenvalue weighted by molar-refractivity contribution is 5.85. The number of hydrogen-bond donors (Lipinski definition) is 2. The van der Waals surface area contributed by atoms with Gasteiger partial charge >= 0.3 is 0 Å². The molecule has 1 heterocycles. The minimum atomic E-state index is -0.440. The van der Waals surface area contributed by atoms with Gasteiger partial charge in [0.15, 0.2) is 11.6 Å². The van der Waals surface area contributed by atoms with Gasteiger partial charge in [-0.1, -0.05) is 24.3 Å². The normalized spacial score (nSPS) is 17.0. The fourth-order valence-corrected chi connectivity index (χ4v) is 3.18. The van der Waals surface area contributed by atoms with E-state index >= 15 is 0 Å². The predicted molar refractivity (Wildman–Crippen MR) is 107 cm³/mol. The Kier molecular flexibility index (Phi) is 8.07. The van der Waals surface area contributed by atoms with Crippen molar-refractivity contribution in [3.05, 3.63) is 59.9 Å². The Morgan fingerprint density at radius 2 is 2.07 bits per heavy atom. The highest BCUT2D eigenvalue weighted by Gasteiger charge is 2.17. The van der Waals surface area contributed by atoms with Crippen molar-refractivity contribution in [2.24, 2.45) is 5.92 Å². The predicted octanol–water partition coefficient (Wildman–Crippen LogP) is 4.61. The topological polar surface area (TPSA) is 50.4 Å². The zero-order valence-corrected chi connectivity index (χ0v) is 16.2. The lowest BCUT2D eigenvalue weighted by Crippen LogP contribution is -2.27. The van der Waals surface area contributed by atoms with Gasteiger partial charge in [-0.05, 0) is 68.6 Å². The minimum Gasteiger partial charge on any atom is -0.454 e.